The van der Waals surface area contributed by atoms with Crippen LogP contribution in [0.1, 0.15) is 73.5 Å². The molecule has 0 saturated carbocycles. The Kier molecular flexibility index (Phi) is 11.0. The van der Waals surface area contributed by atoms with Gasteiger partial charge in [0.1, 0.15) is 17.6 Å². The van der Waals surface area contributed by atoms with E-state index in [1.54, 1.807) is 29.0 Å². The van der Waals surface area contributed by atoms with E-state index in [1.807, 2.05) is 48.7 Å². The lowest BCUT2D eigenvalue weighted by Crippen LogP contribution is -2.44. The number of para-hydroxylation sites is 3. The Morgan fingerprint density at radius 3 is 2.52 bits per heavy atom. The number of rotatable bonds is 15. The number of hydrogen-bond acceptors (Lipinski definition) is 11. The fourth-order valence-corrected chi connectivity index (χ4v) is 7.83. The van der Waals surface area contributed by atoms with E-state index in [2.05, 4.69) is 25.2 Å². The molecule has 3 fully saturated rings. The van der Waals surface area contributed by atoms with Crippen LogP contribution in [0.5, 0.6) is 5.75 Å². The van der Waals surface area contributed by atoms with Gasteiger partial charge < -0.3 is 20.7 Å². The van der Waals surface area contributed by atoms with Crippen LogP contribution in [-0.4, -0.2) is 78.8 Å². The standard InChI is InChI=1S/C40H45N9O5/c41-45-28(10-3-1-2-8-20-47-32-13-5-6-14-33(32)49(40(47)54)34-17-18-38(52)44-39(34)53)24-42-23-27-11-9-16-37(43-27)48-26-29-22-30(48)25-46(29)21-19-36(51)31-12-4-7-15-35(31)50/h4-7,9,11-16,19,21,24,29-30,34,50H,1-3,8,10,17-18,20,22-23,25-26,41H2,(H,44,52,53)/b21-19+,42-24?,45-28-/t29-,30-,34?/m1/s1. The monoisotopic (exact) mass is 731 g/mol. The lowest BCUT2D eigenvalue weighted by atomic mass is 10.1. The Balaban J connectivity index is 0.853. The van der Waals surface area contributed by atoms with E-state index in [4.69, 9.17) is 10.8 Å². The number of aromatic hydroxyl groups is 1. The summed E-state index contributed by atoms with van der Waals surface area (Å²) in [4.78, 5) is 64.3. The summed E-state index contributed by atoms with van der Waals surface area (Å²) in [6, 6.07) is 19.9. The van der Waals surface area contributed by atoms with Gasteiger partial charge in [0.15, 0.2) is 5.78 Å². The number of piperazine rings is 1. The lowest BCUT2D eigenvalue weighted by Gasteiger charge is -2.34. The maximum absolute atomic E-state index is 13.5. The molecule has 4 N–H and O–H groups in total. The minimum atomic E-state index is -0.699. The Bertz CT molecular complexity index is 2190. The molecule has 4 aromatic rings. The summed E-state index contributed by atoms with van der Waals surface area (Å²) in [5.41, 5.74) is 3.10. The third kappa shape index (κ3) is 7.82. The molecule has 5 heterocycles. The first-order valence-corrected chi connectivity index (χ1v) is 18.6. The highest BCUT2D eigenvalue weighted by Gasteiger charge is 2.42. The van der Waals surface area contributed by atoms with E-state index in [1.165, 1.54) is 16.7 Å². The molecule has 3 aliphatic rings. The largest absolute Gasteiger partial charge is 0.507 e. The number of allylic oxidation sites excluding steroid dienone is 1. The van der Waals surface area contributed by atoms with E-state index in [0.717, 1.165) is 62.2 Å². The summed E-state index contributed by atoms with van der Waals surface area (Å²) in [7, 11) is 0. The average molecular weight is 732 g/mol. The molecule has 280 valence electrons. The number of anilines is 1. The molecular formula is C40H45N9O5. The minimum absolute atomic E-state index is 0.0142. The van der Waals surface area contributed by atoms with Gasteiger partial charge >= 0.3 is 5.69 Å². The van der Waals surface area contributed by atoms with Gasteiger partial charge in [-0.2, -0.15) is 5.10 Å². The number of nitrogens with two attached hydrogens (primary N) is 1. The molecule has 54 heavy (non-hydrogen) atoms. The number of piperidine rings is 1. The van der Waals surface area contributed by atoms with E-state index >= 15 is 0 Å². The highest BCUT2D eigenvalue weighted by atomic mass is 16.3. The molecule has 2 aromatic heterocycles. The van der Waals surface area contributed by atoms with Crippen LogP contribution in [0.2, 0.25) is 0 Å². The van der Waals surface area contributed by atoms with Crippen LogP contribution in [0.15, 0.2) is 93.9 Å². The van der Waals surface area contributed by atoms with Gasteiger partial charge in [0.2, 0.25) is 11.8 Å². The molecule has 14 heteroatoms. The number of phenolic OH excluding ortho intramolecular Hbond substituents is 1. The van der Waals surface area contributed by atoms with Crippen molar-refractivity contribution in [2.24, 2.45) is 15.9 Å². The second kappa shape index (κ2) is 16.3. The topological polar surface area (TPSA) is 181 Å². The summed E-state index contributed by atoms with van der Waals surface area (Å²) < 4.78 is 3.26. The van der Waals surface area contributed by atoms with Crippen molar-refractivity contribution < 1.29 is 19.5 Å². The molecule has 7 rings (SSSR count). The maximum Gasteiger partial charge on any atom is 0.329 e. The average Bonchev–Trinajstić information content (AvgIpc) is 3.86. The number of fused-ring (bicyclic) bond motifs is 3. The first kappa shape index (κ1) is 36.3. The number of likely N-dealkylation sites (tertiary alicyclic amines) is 1. The molecule has 3 atom stereocenters. The van der Waals surface area contributed by atoms with Crippen LogP contribution in [-0.2, 0) is 22.7 Å². The first-order valence-electron chi connectivity index (χ1n) is 18.6. The van der Waals surface area contributed by atoms with E-state index in [-0.39, 0.29) is 35.6 Å². The van der Waals surface area contributed by atoms with Gasteiger partial charge in [-0.15, -0.1) is 0 Å². The molecule has 2 aromatic carbocycles. The Morgan fingerprint density at radius 1 is 0.944 bits per heavy atom. The number of amides is 2. The van der Waals surface area contributed by atoms with Gasteiger partial charge in [-0.3, -0.25) is 33.8 Å². The highest BCUT2D eigenvalue weighted by Crippen LogP contribution is 2.34. The number of unbranched alkanes of at least 4 members (excludes halogenated alkanes) is 3. The molecule has 14 nitrogen and oxygen atoms in total. The number of benzene rings is 2. The van der Waals surface area contributed by atoms with Crippen LogP contribution in [0.3, 0.4) is 0 Å². The number of aromatic nitrogens is 3. The summed E-state index contributed by atoms with van der Waals surface area (Å²) in [6.07, 6.45) is 10.8. The number of nitrogens with one attached hydrogen (secondary N) is 1. The second-order valence-electron chi connectivity index (χ2n) is 14.1. The normalized spacial score (nSPS) is 20.2. The number of aryl methyl sites for hydroxylation is 1. The van der Waals surface area contributed by atoms with Crippen LogP contribution in [0.25, 0.3) is 11.0 Å². The van der Waals surface area contributed by atoms with Gasteiger partial charge in [0.05, 0.1) is 34.5 Å². The van der Waals surface area contributed by atoms with Gasteiger partial charge in [-0.25, -0.2) is 9.78 Å². The Morgan fingerprint density at radius 2 is 1.74 bits per heavy atom. The van der Waals surface area contributed by atoms with Crippen molar-refractivity contribution in [3.8, 4) is 5.75 Å². The van der Waals surface area contributed by atoms with Gasteiger partial charge in [-0.1, -0.05) is 43.2 Å². The summed E-state index contributed by atoms with van der Waals surface area (Å²) in [6.45, 7) is 2.54. The predicted octanol–water partition coefficient (Wildman–Crippen LogP) is 4.08. The fraction of sp³-hybridized carbons (Fsp3) is 0.375. The fourth-order valence-electron chi connectivity index (χ4n) is 7.83. The van der Waals surface area contributed by atoms with Crippen LogP contribution in [0.4, 0.5) is 5.82 Å². The van der Waals surface area contributed by atoms with Crippen LogP contribution < -0.4 is 21.7 Å². The van der Waals surface area contributed by atoms with Crippen LogP contribution >= 0.6 is 0 Å². The molecule has 1 unspecified atom stereocenters. The molecule has 3 aliphatic heterocycles. The second-order valence-corrected chi connectivity index (χ2v) is 14.1. The van der Waals surface area contributed by atoms with E-state index in [0.29, 0.717) is 48.8 Å². The van der Waals surface area contributed by atoms with Crippen molar-refractivity contribution in [1.82, 2.24) is 24.3 Å². The number of imide groups is 1. The molecular weight excluding hydrogens is 686 g/mol. The number of phenols is 1. The molecule has 0 radical (unpaired) electrons. The molecule has 2 bridgehead atoms. The van der Waals surface area contributed by atoms with Crippen molar-refractivity contribution in [3.05, 3.63) is 101 Å². The number of hydrazone groups is 1. The third-order valence-electron chi connectivity index (χ3n) is 10.6. The minimum Gasteiger partial charge on any atom is -0.507 e. The maximum atomic E-state index is 13.5. The smallest absolute Gasteiger partial charge is 0.329 e. The Labute approximate surface area is 312 Å². The summed E-state index contributed by atoms with van der Waals surface area (Å²) in [5.74, 6) is 5.64. The zero-order valence-corrected chi connectivity index (χ0v) is 30.1. The Hall–Kier alpha value is -6.05. The number of imidazole rings is 1. The molecule has 0 aliphatic carbocycles. The van der Waals surface area contributed by atoms with Crippen molar-refractivity contribution in [2.75, 3.05) is 18.0 Å². The van der Waals surface area contributed by atoms with Crippen molar-refractivity contribution in [2.45, 2.75) is 82.6 Å². The molecule has 0 spiro atoms. The van der Waals surface area contributed by atoms with Crippen molar-refractivity contribution in [1.29, 1.82) is 0 Å². The van der Waals surface area contributed by atoms with Crippen molar-refractivity contribution in [3.63, 3.8) is 0 Å². The number of nitrogens with zero attached hydrogens (tertiary/aromatic N) is 7. The zero-order valence-electron chi connectivity index (χ0n) is 30.1. The van der Waals surface area contributed by atoms with E-state index < -0.39 is 11.9 Å². The molecule has 3 saturated heterocycles. The number of pyridine rings is 1. The molecule has 2 amide bonds. The number of carbonyl (C=O) groups excluding carboxylic acids is 3. The van der Waals surface area contributed by atoms with Gasteiger partial charge in [-0.05, 0) is 68.5 Å². The zero-order chi connectivity index (χ0) is 37.6. The predicted molar refractivity (Wildman–Crippen MR) is 207 cm³/mol. The summed E-state index contributed by atoms with van der Waals surface area (Å²) in [5, 5.41) is 16.3. The SMILES string of the molecule is N/N=C(\C=NCc1cccc(N2C[C@H]3C[C@@H]2CN3/C=C/C(=O)c2ccccc2O)n1)CCCCCCn1c(=O)n(C2CCC(=O)NC2=O)c2ccccc21. The summed E-state index contributed by atoms with van der Waals surface area (Å²) >= 11 is 0. The number of carbonyl (C=O) groups is 3. The number of ketones is 1. The van der Waals surface area contributed by atoms with Crippen molar-refractivity contribution >= 4 is 46.4 Å². The number of aliphatic imine (C=N–C) groups is 1. The first-order chi connectivity index (χ1) is 26.3. The van der Waals surface area contributed by atoms with E-state index in [9.17, 15) is 24.3 Å². The lowest BCUT2D eigenvalue weighted by molar-refractivity contribution is -0.135. The highest BCUT2D eigenvalue weighted by molar-refractivity contribution is 6.30. The van der Waals surface area contributed by atoms with Gasteiger partial charge in [0.25, 0.3) is 0 Å². The third-order valence-corrected chi connectivity index (χ3v) is 10.6. The number of hydrogen-bond donors (Lipinski definition) is 3. The van der Waals surface area contributed by atoms with Gasteiger partial charge in [0, 0.05) is 56.6 Å². The quantitative estimate of drug-likeness (QED) is 0.0309. The van der Waals surface area contributed by atoms with Crippen LogP contribution in [0, 0.1) is 0 Å².